The Morgan fingerprint density at radius 1 is 1.09 bits per heavy atom. The minimum Gasteiger partial charge on any atom is -0.494 e. The highest BCUT2D eigenvalue weighted by atomic mass is 16.5. The van der Waals surface area contributed by atoms with Crippen molar-refractivity contribution in [1.82, 2.24) is 19.2 Å². The van der Waals surface area contributed by atoms with Crippen LogP contribution in [-0.4, -0.2) is 31.7 Å². The number of anilines is 1. The first kappa shape index (κ1) is 20.9. The number of amides is 1. The highest BCUT2D eigenvalue weighted by molar-refractivity contribution is 5.91. The number of aryl methyl sites for hydroxylation is 1. The number of ether oxygens (including phenoxy) is 1. The number of carbonyl (C=O) groups is 1. The summed E-state index contributed by atoms with van der Waals surface area (Å²) in [6, 6.07) is 15.1. The number of hydrogen-bond donors (Lipinski definition) is 1. The van der Waals surface area contributed by atoms with Gasteiger partial charge >= 0.3 is 0 Å². The van der Waals surface area contributed by atoms with E-state index >= 15 is 0 Å². The molecule has 0 radical (unpaired) electrons. The highest BCUT2D eigenvalue weighted by Crippen LogP contribution is 2.23. The van der Waals surface area contributed by atoms with Crippen molar-refractivity contribution in [2.75, 3.05) is 11.9 Å². The Labute approximate surface area is 190 Å². The molecule has 0 unspecified atom stereocenters. The van der Waals surface area contributed by atoms with Gasteiger partial charge in [0.1, 0.15) is 12.3 Å². The van der Waals surface area contributed by atoms with E-state index < -0.39 is 0 Å². The topological polar surface area (TPSA) is 90.5 Å². The summed E-state index contributed by atoms with van der Waals surface area (Å²) in [7, 11) is 0. The summed E-state index contributed by atoms with van der Waals surface area (Å²) >= 11 is 0. The SMILES string of the molecule is CCOc1ccc(NC(=O)Cn2c3c(c(=O)n4nc(-c5ccc(C)cc5)nc24)CCC3)cc1. The molecule has 0 saturated heterocycles. The molecule has 5 rings (SSSR count). The van der Waals surface area contributed by atoms with Gasteiger partial charge in [-0.1, -0.05) is 29.8 Å². The minimum absolute atomic E-state index is 0.0470. The van der Waals surface area contributed by atoms with Gasteiger partial charge in [0.05, 0.1) is 6.61 Å². The van der Waals surface area contributed by atoms with Crippen molar-refractivity contribution in [3.05, 3.63) is 75.7 Å². The van der Waals surface area contributed by atoms with E-state index in [-0.39, 0.29) is 18.0 Å². The zero-order chi connectivity index (χ0) is 22.9. The van der Waals surface area contributed by atoms with Crippen LogP contribution in [0.15, 0.2) is 53.3 Å². The average molecular weight is 444 g/mol. The predicted molar refractivity (Wildman–Crippen MR) is 126 cm³/mol. The van der Waals surface area contributed by atoms with Gasteiger partial charge in [0, 0.05) is 22.5 Å². The summed E-state index contributed by atoms with van der Waals surface area (Å²) < 4.78 is 8.62. The molecule has 0 fully saturated rings. The van der Waals surface area contributed by atoms with Crippen LogP contribution < -0.4 is 15.6 Å². The maximum atomic E-state index is 13.1. The Balaban J connectivity index is 1.50. The number of nitrogens with zero attached hydrogens (tertiary/aromatic N) is 4. The van der Waals surface area contributed by atoms with E-state index in [1.807, 2.05) is 54.8 Å². The normalized spacial score (nSPS) is 12.7. The number of hydrogen-bond acceptors (Lipinski definition) is 5. The maximum Gasteiger partial charge on any atom is 0.279 e. The molecule has 1 N–H and O–H groups in total. The Hall–Kier alpha value is -3.94. The monoisotopic (exact) mass is 443 g/mol. The van der Waals surface area contributed by atoms with Crippen LogP contribution in [0.3, 0.4) is 0 Å². The molecule has 0 saturated carbocycles. The van der Waals surface area contributed by atoms with Crippen LogP contribution in [0.5, 0.6) is 5.75 Å². The summed E-state index contributed by atoms with van der Waals surface area (Å²) in [5.41, 5.74) is 4.08. The summed E-state index contributed by atoms with van der Waals surface area (Å²) in [6.45, 7) is 4.57. The average Bonchev–Trinajstić information content (AvgIpc) is 3.47. The van der Waals surface area contributed by atoms with Gasteiger partial charge in [0.25, 0.3) is 5.56 Å². The molecule has 2 heterocycles. The van der Waals surface area contributed by atoms with E-state index in [1.54, 1.807) is 12.1 Å². The first-order chi connectivity index (χ1) is 16.0. The standard InChI is InChI=1S/C25H25N5O3/c1-3-33-19-13-11-18(12-14-19)26-22(31)15-29-21-6-4-5-20(21)24(32)30-25(29)27-23(28-30)17-9-7-16(2)8-10-17/h7-14H,3-6,15H2,1-2H3,(H,26,31). The zero-order valence-corrected chi connectivity index (χ0v) is 18.7. The fourth-order valence-corrected chi connectivity index (χ4v) is 4.26. The van der Waals surface area contributed by atoms with E-state index in [0.29, 0.717) is 30.3 Å². The largest absolute Gasteiger partial charge is 0.494 e. The van der Waals surface area contributed by atoms with Crippen LogP contribution in [0.1, 0.15) is 30.2 Å². The molecule has 33 heavy (non-hydrogen) atoms. The molecule has 1 aliphatic carbocycles. The van der Waals surface area contributed by atoms with E-state index in [0.717, 1.165) is 41.0 Å². The van der Waals surface area contributed by atoms with Crippen molar-refractivity contribution < 1.29 is 9.53 Å². The van der Waals surface area contributed by atoms with Gasteiger partial charge < -0.3 is 14.6 Å². The van der Waals surface area contributed by atoms with E-state index in [4.69, 9.17) is 4.74 Å². The van der Waals surface area contributed by atoms with Crippen LogP contribution in [0, 0.1) is 6.92 Å². The predicted octanol–water partition coefficient (Wildman–Crippen LogP) is 3.39. The molecule has 1 aliphatic rings. The van der Waals surface area contributed by atoms with E-state index in [1.165, 1.54) is 4.52 Å². The summed E-state index contributed by atoms with van der Waals surface area (Å²) in [6.07, 6.45) is 2.30. The van der Waals surface area contributed by atoms with Crippen molar-refractivity contribution in [1.29, 1.82) is 0 Å². The Bertz CT molecular complexity index is 1390. The number of rotatable bonds is 6. The Morgan fingerprint density at radius 3 is 2.58 bits per heavy atom. The van der Waals surface area contributed by atoms with Crippen LogP contribution >= 0.6 is 0 Å². The Kier molecular flexibility index (Phi) is 5.42. The molecule has 4 aromatic rings. The Morgan fingerprint density at radius 2 is 1.85 bits per heavy atom. The third-order valence-electron chi connectivity index (χ3n) is 5.86. The number of fused-ring (bicyclic) bond motifs is 2. The lowest BCUT2D eigenvalue weighted by molar-refractivity contribution is -0.116. The van der Waals surface area contributed by atoms with Crippen LogP contribution in [0.4, 0.5) is 5.69 Å². The molecular weight excluding hydrogens is 418 g/mol. The molecule has 0 atom stereocenters. The lowest BCUT2D eigenvalue weighted by Gasteiger charge is -2.14. The second kappa shape index (κ2) is 8.54. The molecule has 0 aliphatic heterocycles. The summed E-state index contributed by atoms with van der Waals surface area (Å²) in [5.74, 6) is 1.41. The molecule has 0 spiro atoms. The van der Waals surface area contributed by atoms with E-state index in [2.05, 4.69) is 15.4 Å². The van der Waals surface area contributed by atoms with Gasteiger partial charge in [-0.15, -0.1) is 5.10 Å². The molecule has 8 nitrogen and oxygen atoms in total. The van der Waals surface area contributed by atoms with Crippen molar-refractivity contribution in [2.45, 2.75) is 39.7 Å². The second-order valence-corrected chi connectivity index (χ2v) is 8.19. The van der Waals surface area contributed by atoms with Gasteiger partial charge in [-0.05, 0) is 57.4 Å². The molecule has 168 valence electrons. The van der Waals surface area contributed by atoms with Gasteiger partial charge in [-0.2, -0.15) is 9.50 Å². The third kappa shape index (κ3) is 4.00. The first-order valence-corrected chi connectivity index (χ1v) is 11.1. The minimum atomic E-state index is -0.196. The fourth-order valence-electron chi connectivity index (χ4n) is 4.26. The number of carbonyl (C=O) groups excluding carboxylic acids is 1. The number of nitrogens with one attached hydrogen (secondary N) is 1. The van der Waals surface area contributed by atoms with Crippen molar-refractivity contribution in [3.8, 4) is 17.1 Å². The maximum absolute atomic E-state index is 13.1. The second-order valence-electron chi connectivity index (χ2n) is 8.19. The fraction of sp³-hybridized carbons (Fsp3) is 0.280. The molecule has 2 aromatic carbocycles. The highest BCUT2D eigenvalue weighted by Gasteiger charge is 2.25. The van der Waals surface area contributed by atoms with Crippen molar-refractivity contribution >= 4 is 17.4 Å². The summed E-state index contributed by atoms with van der Waals surface area (Å²) in [5, 5.41) is 7.42. The van der Waals surface area contributed by atoms with Gasteiger partial charge in [-0.25, -0.2) is 0 Å². The van der Waals surface area contributed by atoms with Gasteiger partial charge in [0.2, 0.25) is 11.7 Å². The van der Waals surface area contributed by atoms with E-state index in [9.17, 15) is 9.59 Å². The number of aromatic nitrogens is 4. The lowest BCUT2D eigenvalue weighted by atomic mass is 10.1. The number of benzene rings is 2. The molecular formula is C25H25N5O3. The van der Waals surface area contributed by atoms with Gasteiger partial charge in [-0.3, -0.25) is 9.59 Å². The lowest BCUT2D eigenvalue weighted by Crippen LogP contribution is -2.28. The molecule has 1 amide bonds. The first-order valence-electron chi connectivity index (χ1n) is 11.1. The molecule has 8 heteroatoms. The summed E-state index contributed by atoms with van der Waals surface area (Å²) in [4.78, 5) is 30.7. The third-order valence-corrected chi connectivity index (χ3v) is 5.86. The quantitative estimate of drug-likeness (QED) is 0.493. The van der Waals surface area contributed by atoms with Gasteiger partial charge in [0.15, 0.2) is 5.82 Å². The molecule has 0 bridgehead atoms. The van der Waals surface area contributed by atoms with Crippen molar-refractivity contribution in [2.24, 2.45) is 0 Å². The van der Waals surface area contributed by atoms with Crippen molar-refractivity contribution in [3.63, 3.8) is 0 Å². The van der Waals surface area contributed by atoms with Crippen LogP contribution in [0.2, 0.25) is 0 Å². The smallest absolute Gasteiger partial charge is 0.279 e. The zero-order valence-electron chi connectivity index (χ0n) is 18.7. The van der Waals surface area contributed by atoms with Crippen LogP contribution in [-0.2, 0) is 24.2 Å². The van der Waals surface area contributed by atoms with Crippen LogP contribution in [0.25, 0.3) is 17.2 Å². The molecule has 2 aromatic heterocycles.